The summed E-state index contributed by atoms with van der Waals surface area (Å²) in [5.41, 5.74) is 7.59. The lowest BCUT2D eigenvalue weighted by Crippen LogP contribution is -2.13. The van der Waals surface area contributed by atoms with Gasteiger partial charge in [-0.25, -0.2) is 8.42 Å². The van der Waals surface area contributed by atoms with Crippen molar-refractivity contribution in [2.24, 2.45) is 5.73 Å². The molecule has 0 radical (unpaired) electrons. The fourth-order valence-corrected chi connectivity index (χ4v) is 3.95. The maximum Gasteiger partial charge on any atom is 0.257 e. The van der Waals surface area contributed by atoms with Crippen LogP contribution in [0, 0.1) is 0 Å². The third kappa shape index (κ3) is 4.81. The van der Waals surface area contributed by atoms with E-state index in [2.05, 4.69) is 5.32 Å². The first-order valence-corrected chi connectivity index (χ1v) is 11.2. The number of carbonyl (C=O) groups excluding carboxylic acids is 2. The Morgan fingerprint density at radius 1 is 0.900 bits per heavy atom. The van der Waals surface area contributed by atoms with Crippen molar-refractivity contribution in [1.29, 1.82) is 0 Å². The van der Waals surface area contributed by atoms with Crippen LogP contribution in [-0.4, -0.2) is 26.5 Å². The molecule has 0 aliphatic rings. The van der Waals surface area contributed by atoms with Crippen LogP contribution in [0.3, 0.4) is 0 Å². The average molecular weight is 463 g/mol. The van der Waals surface area contributed by atoms with E-state index in [1.807, 2.05) is 0 Å². The smallest absolute Gasteiger partial charge is 0.257 e. The number of halogens is 2. The molecule has 30 heavy (non-hydrogen) atoms. The Kier molecular flexibility index (Phi) is 6.17. The highest BCUT2D eigenvalue weighted by Crippen LogP contribution is 2.31. The molecule has 6 nitrogen and oxygen atoms in total. The van der Waals surface area contributed by atoms with E-state index in [0.717, 1.165) is 11.8 Å². The van der Waals surface area contributed by atoms with Gasteiger partial charge in [0, 0.05) is 28.1 Å². The predicted molar refractivity (Wildman–Crippen MR) is 118 cm³/mol. The van der Waals surface area contributed by atoms with Crippen molar-refractivity contribution in [3.05, 3.63) is 81.8 Å². The van der Waals surface area contributed by atoms with E-state index in [-0.39, 0.29) is 15.5 Å². The van der Waals surface area contributed by atoms with Crippen LogP contribution in [0.25, 0.3) is 11.1 Å². The van der Waals surface area contributed by atoms with E-state index in [1.54, 1.807) is 42.5 Å². The maximum absolute atomic E-state index is 12.6. The van der Waals surface area contributed by atoms with Crippen LogP contribution in [0.15, 0.2) is 65.6 Å². The minimum atomic E-state index is -3.44. The Labute approximate surface area is 183 Å². The van der Waals surface area contributed by atoms with Crippen molar-refractivity contribution in [2.75, 3.05) is 11.6 Å². The summed E-state index contributed by atoms with van der Waals surface area (Å²) < 4.78 is 23.2. The lowest BCUT2D eigenvalue weighted by Gasteiger charge is -2.11. The molecule has 0 spiro atoms. The molecule has 3 rings (SSSR count). The standard InChI is InChI=1S/C21H16Cl2N2O4S/c1-30(28,29)15-7-8-16(19(23)11-15)21(27)25-14-6-9-18(22)17(10-14)12-2-4-13(5-3-12)20(24)26/h2-11H,1H3,(H2,24,26)(H,25,27). The molecule has 0 unspecified atom stereocenters. The minimum absolute atomic E-state index is 0.0200. The van der Waals surface area contributed by atoms with E-state index in [0.29, 0.717) is 21.8 Å². The van der Waals surface area contributed by atoms with E-state index in [9.17, 15) is 18.0 Å². The fraction of sp³-hybridized carbons (Fsp3) is 0.0476. The molecular weight excluding hydrogens is 447 g/mol. The van der Waals surface area contributed by atoms with Gasteiger partial charge < -0.3 is 11.1 Å². The van der Waals surface area contributed by atoms with Crippen molar-refractivity contribution in [3.8, 4) is 11.1 Å². The summed E-state index contributed by atoms with van der Waals surface area (Å²) in [4.78, 5) is 23.9. The van der Waals surface area contributed by atoms with Crippen LogP contribution in [0.1, 0.15) is 20.7 Å². The van der Waals surface area contributed by atoms with Gasteiger partial charge in [0.15, 0.2) is 9.84 Å². The normalized spacial score (nSPS) is 11.2. The van der Waals surface area contributed by atoms with Gasteiger partial charge in [-0.2, -0.15) is 0 Å². The quantitative estimate of drug-likeness (QED) is 0.585. The van der Waals surface area contributed by atoms with Crippen molar-refractivity contribution in [2.45, 2.75) is 4.90 Å². The monoisotopic (exact) mass is 462 g/mol. The first-order chi connectivity index (χ1) is 14.1. The van der Waals surface area contributed by atoms with Crippen molar-refractivity contribution >= 4 is 50.5 Å². The molecule has 0 aromatic heterocycles. The molecule has 154 valence electrons. The Bertz CT molecular complexity index is 1260. The molecule has 2 amide bonds. The van der Waals surface area contributed by atoms with Crippen LogP contribution in [0.4, 0.5) is 5.69 Å². The molecule has 0 aliphatic carbocycles. The number of anilines is 1. The Balaban J connectivity index is 1.88. The second-order valence-electron chi connectivity index (χ2n) is 6.50. The summed E-state index contributed by atoms with van der Waals surface area (Å²) in [6.07, 6.45) is 1.06. The van der Waals surface area contributed by atoms with Crippen LogP contribution < -0.4 is 11.1 Å². The highest BCUT2D eigenvalue weighted by molar-refractivity contribution is 7.90. The summed E-state index contributed by atoms with van der Waals surface area (Å²) in [7, 11) is -3.44. The zero-order chi connectivity index (χ0) is 22.1. The SMILES string of the molecule is CS(=O)(=O)c1ccc(C(=O)Nc2ccc(Cl)c(-c3ccc(C(N)=O)cc3)c2)c(Cl)c1. The third-order valence-electron chi connectivity index (χ3n) is 4.32. The number of carbonyl (C=O) groups is 2. The second-order valence-corrected chi connectivity index (χ2v) is 9.33. The van der Waals surface area contributed by atoms with Crippen LogP contribution in [0.2, 0.25) is 10.0 Å². The molecule has 0 aliphatic heterocycles. The van der Waals surface area contributed by atoms with Gasteiger partial charge in [-0.3, -0.25) is 9.59 Å². The molecule has 0 heterocycles. The fourth-order valence-electron chi connectivity index (χ4n) is 2.75. The van der Waals surface area contributed by atoms with E-state index in [1.165, 1.54) is 18.2 Å². The zero-order valence-corrected chi connectivity index (χ0v) is 18.0. The van der Waals surface area contributed by atoms with Crippen LogP contribution in [-0.2, 0) is 9.84 Å². The number of benzene rings is 3. The second kappa shape index (κ2) is 8.47. The molecule has 0 bridgehead atoms. The molecule has 0 fully saturated rings. The summed E-state index contributed by atoms with van der Waals surface area (Å²) in [5, 5.41) is 3.19. The summed E-state index contributed by atoms with van der Waals surface area (Å²) in [6.45, 7) is 0. The van der Waals surface area contributed by atoms with Gasteiger partial charge in [-0.15, -0.1) is 0 Å². The van der Waals surface area contributed by atoms with Crippen molar-refractivity contribution in [3.63, 3.8) is 0 Å². The Hall–Kier alpha value is -2.87. The van der Waals surface area contributed by atoms with Crippen molar-refractivity contribution < 1.29 is 18.0 Å². The molecule has 9 heteroatoms. The molecule has 0 atom stereocenters. The number of hydrogen-bond acceptors (Lipinski definition) is 4. The van der Waals surface area contributed by atoms with E-state index >= 15 is 0 Å². The number of hydrogen-bond donors (Lipinski definition) is 2. The third-order valence-corrected chi connectivity index (χ3v) is 6.07. The average Bonchev–Trinajstić information content (AvgIpc) is 2.68. The first kappa shape index (κ1) is 21.8. The number of primary amides is 1. The van der Waals surface area contributed by atoms with Crippen molar-refractivity contribution in [1.82, 2.24) is 0 Å². The summed E-state index contributed by atoms with van der Waals surface area (Å²) >= 11 is 12.4. The summed E-state index contributed by atoms with van der Waals surface area (Å²) in [5.74, 6) is -1.04. The van der Waals surface area contributed by atoms with Gasteiger partial charge in [0.1, 0.15) is 0 Å². The molecule has 3 aromatic carbocycles. The number of sulfone groups is 1. The van der Waals surface area contributed by atoms with Gasteiger partial charge in [0.05, 0.1) is 15.5 Å². The molecule has 0 saturated carbocycles. The largest absolute Gasteiger partial charge is 0.366 e. The maximum atomic E-state index is 12.6. The number of nitrogens with two attached hydrogens (primary N) is 1. The number of amides is 2. The lowest BCUT2D eigenvalue weighted by molar-refractivity contribution is 0.0997. The topological polar surface area (TPSA) is 106 Å². The van der Waals surface area contributed by atoms with Gasteiger partial charge in [-0.1, -0.05) is 35.3 Å². The van der Waals surface area contributed by atoms with Gasteiger partial charge in [0.25, 0.3) is 5.91 Å². The number of rotatable bonds is 5. The molecular formula is C21H16Cl2N2O4S. The highest BCUT2D eigenvalue weighted by atomic mass is 35.5. The van der Waals surface area contributed by atoms with Gasteiger partial charge in [-0.05, 0) is 54.1 Å². The predicted octanol–water partition coefficient (Wildman–Crippen LogP) is 4.42. The van der Waals surface area contributed by atoms with Crippen LogP contribution in [0.5, 0.6) is 0 Å². The Morgan fingerprint density at radius 3 is 2.13 bits per heavy atom. The Morgan fingerprint density at radius 2 is 1.57 bits per heavy atom. The lowest BCUT2D eigenvalue weighted by atomic mass is 10.0. The number of nitrogens with one attached hydrogen (secondary N) is 1. The van der Waals surface area contributed by atoms with Gasteiger partial charge in [0.2, 0.25) is 5.91 Å². The van der Waals surface area contributed by atoms with E-state index < -0.39 is 21.7 Å². The van der Waals surface area contributed by atoms with Crippen LogP contribution >= 0.6 is 23.2 Å². The molecule has 0 saturated heterocycles. The van der Waals surface area contributed by atoms with Gasteiger partial charge >= 0.3 is 0 Å². The first-order valence-electron chi connectivity index (χ1n) is 8.57. The summed E-state index contributed by atoms with van der Waals surface area (Å²) in [6, 6.07) is 15.4. The highest BCUT2D eigenvalue weighted by Gasteiger charge is 2.16. The zero-order valence-electron chi connectivity index (χ0n) is 15.6. The minimum Gasteiger partial charge on any atom is -0.366 e. The molecule has 3 N–H and O–H groups in total. The van der Waals surface area contributed by atoms with E-state index in [4.69, 9.17) is 28.9 Å². The molecule has 3 aromatic rings.